The summed E-state index contributed by atoms with van der Waals surface area (Å²) in [7, 11) is 1.71. The van der Waals surface area contributed by atoms with Crippen LogP contribution in [0.3, 0.4) is 0 Å². The Morgan fingerprint density at radius 3 is 2.67 bits per heavy atom. The molecule has 0 heterocycles. The smallest absolute Gasteiger partial charge is 0.222 e. The van der Waals surface area contributed by atoms with Crippen LogP contribution in [0.25, 0.3) is 0 Å². The predicted octanol–water partition coefficient (Wildman–Crippen LogP) is 2.24. The van der Waals surface area contributed by atoms with Crippen LogP contribution in [0.1, 0.15) is 38.5 Å². The van der Waals surface area contributed by atoms with Crippen molar-refractivity contribution in [3.63, 3.8) is 0 Å². The molecular formula is C11H20BrNO2. The van der Waals surface area contributed by atoms with Crippen LogP contribution in [-0.4, -0.2) is 30.5 Å². The van der Waals surface area contributed by atoms with Gasteiger partial charge in [0.1, 0.15) is 0 Å². The number of halogens is 1. The summed E-state index contributed by atoms with van der Waals surface area (Å²) >= 11 is 3.36. The number of methoxy groups -OCH3 is 1. The van der Waals surface area contributed by atoms with E-state index >= 15 is 0 Å². The Labute approximate surface area is 100 Å². The van der Waals surface area contributed by atoms with Crippen LogP contribution in [-0.2, 0) is 9.53 Å². The lowest BCUT2D eigenvalue weighted by molar-refractivity contribution is -0.134. The van der Waals surface area contributed by atoms with E-state index in [0.717, 1.165) is 37.6 Å². The molecule has 0 spiro atoms. The summed E-state index contributed by atoms with van der Waals surface area (Å²) in [6.45, 7) is 0.782. The summed E-state index contributed by atoms with van der Waals surface area (Å²) < 4.78 is 5.40. The fraction of sp³-hybridized carbons (Fsp3) is 0.909. The summed E-state index contributed by atoms with van der Waals surface area (Å²) in [5.41, 5.74) is -0.139. The van der Waals surface area contributed by atoms with Crippen LogP contribution in [0.2, 0.25) is 0 Å². The number of hydrogen-bond donors (Lipinski definition) is 1. The molecule has 1 N–H and O–H groups in total. The maximum absolute atomic E-state index is 11.6. The average Bonchev–Trinajstić information content (AvgIpc) is 2.18. The summed E-state index contributed by atoms with van der Waals surface area (Å²) in [5, 5.41) is 3.94. The molecule has 0 saturated heterocycles. The maximum Gasteiger partial charge on any atom is 0.222 e. The molecule has 0 bridgehead atoms. The Morgan fingerprint density at radius 1 is 1.47 bits per heavy atom. The predicted molar refractivity (Wildman–Crippen MR) is 64.2 cm³/mol. The van der Waals surface area contributed by atoms with Gasteiger partial charge in [-0.25, -0.2) is 0 Å². The zero-order valence-corrected chi connectivity index (χ0v) is 10.9. The molecule has 0 aliphatic heterocycles. The largest absolute Gasteiger partial charge is 0.378 e. The Hall–Kier alpha value is -0.0900. The molecule has 15 heavy (non-hydrogen) atoms. The van der Waals surface area contributed by atoms with E-state index in [-0.39, 0.29) is 11.5 Å². The van der Waals surface area contributed by atoms with Crippen molar-refractivity contribution < 1.29 is 9.53 Å². The third kappa shape index (κ3) is 4.11. The molecular weight excluding hydrogens is 258 g/mol. The minimum Gasteiger partial charge on any atom is -0.378 e. The molecule has 0 aromatic heterocycles. The van der Waals surface area contributed by atoms with Crippen molar-refractivity contribution in [2.45, 2.75) is 44.1 Å². The molecule has 1 saturated carbocycles. The number of carbonyl (C=O) groups is 1. The molecule has 1 fully saturated rings. The molecule has 4 heteroatoms. The number of alkyl halides is 1. The third-order valence-corrected chi connectivity index (χ3v) is 3.62. The highest BCUT2D eigenvalue weighted by atomic mass is 79.9. The van der Waals surface area contributed by atoms with E-state index in [1.54, 1.807) is 7.11 Å². The summed E-state index contributed by atoms with van der Waals surface area (Å²) in [4.78, 5) is 11.6. The molecule has 0 aromatic rings. The van der Waals surface area contributed by atoms with Gasteiger partial charge in [-0.1, -0.05) is 15.9 Å². The van der Waals surface area contributed by atoms with E-state index in [0.29, 0.717) is 6.42 Å². The lowest BCUT2D eigenvalue weighted by Crippen LogP contribution is -2.44. The SMILES string of the molecule is COC1(CC(=O)NCCCCBr)CCC1. The zero-order chi connectivity index (χ0) is 11.1. The van der Waals surface area contributed by atoms with Gasteiger partial charge in [0, 0.05) is 19.0 Å². The molecule has 1 amide bonds. The first-order chi connectivity index (χ1) is 7.22. The second-order valence-electron chi connectivity index (χ2n) is 4.16. The Kier molecular flexibility index (Phi) is 5.61. The molecule has 88 valence electrons. The van der Waals surface area contributed by atoms with Crippen LogP contribution in [0.15, 0.2) is 0 Å². The van der Waals surface area contributed by atoms with E-state index in [4.69, 9.17) is 4.74 Å². The number of rotatable bonds is 7. The van der Waals surface area contributed by atoms with E-state index in [1.807, 2.05) is 0 Å². The standard InChI is InChI=1S/C11H20BrNO2/c1-15-11(5-4-6-11)9-10(14)13-8-3-2-7-12/h2-9H2,1H3,(H,13,14). The van der Waals surface area contributed by atoms with Gasteiger partial charge < -0.3 is 10.1 Å². The number of unbranched alkanes of at least 4 members (excludes halogenated alkanes) is 1. The fourth-order valence-corrected chi connectivity index (χ4v) is 2.22. The lowest BCUT2D eigenvalue weighted by Gasteiger charge is -2.39. The van der Waals surface area contributed by atoms with E-state index in [1.165, 1.54) is 6.42 Å². The lowest BCUT2D eigenvalue weighted by atomic mass is 9.77. The van der Waals surface area contributed by atoms with Gasteiger partial charge in [-0.3, -0.25) is 4.79 Å². The summed E-state index contributed by atoms with van der Waals surface area (Å²) in [5.74, 6) is 0.131. The highest BCUT2D eigenvalue weighted by Gasteiger charge is 2.38. The first-order valence-corrected chi connectivity index (χ1v) is 6.72. The van der Waals surface area contributed by atoms with Crippen LogP contribution >= 0.6 is 15.9 Å². The number of nitrogens with one attached hydrogen (secondary N) is 1. The van der Waals surface area contributed by atoms with Crippen LogP contribution in [0, 0.1) is 0 Å². The molecule has 0 unspecified atom stereocenters. The average molecular weight is 278 g/mol. The van der Waals surface area contributed by atoms with Gasteiger partial charge in [0.05, 0.1) is 12.0 Å². The van der Waals surface area contributed by atoms with Gasteiger partial charge in [0.25, 0.3) is 0 Å². The first kappa shape index (κ1) is 13.0. The van der Waals surface area contributed by atoms with Gasteiger partial charge in [-0.15, -0.1) is 0 Å². The molecule has 0 aromatic carbocycles. The van der Waals surface area contributed by atoms with Gasteiger partial charge in [0.2, 0.25) is 5.91 Å². The van der Waals surface area contributed by atoms with Crippen molar-refractivity contribution in [3.8, 4) is 0 Å². The van der Waals surface area contributed by atoms with E-state index < -0.39 is 0 Å². The van der Waals surface area contributed by atoms with Crippen molar-refractivity contribution in [3.05, 3.63) is 0 Å². The van der Waals surface area contributed by atoms with E-state index in [9.17, 15) is 4.79 Å². The van der Waals surface area contributed by atoms with Crippen LogP contribution < -0.4 is 5.32 Å². The first-order valence-electron chi connectivity index (χ1n) is 5.60. The normalized spacial score (nSPS) is 18.3. The number of hydrogen-bond acceptors (Lipinski definition) is 2. The van der Waals surface area contributed by atoms with Crippen molar-refractivity contribution in [2.75, 3.05) is 19.0 Å². The second-order valence-corrected chi connectivity index (χ2v) is 4.96. The highest BCUT2D eigenvalue weighted by molar-refractivity contribution is 9.09. The third-order valence-electron chi connectivity index (χ3n) is 3.06. The number of amides is 1. The molecule has 1 rings (SSSR count). The van der Waals surface area contributed by atoms with Crippen molar-refractivity contribution in [1.82, 2.24) is 5.32 Å². The molecule has 1 aliphatic carbocycles. The fourth-order valence-electron chi connectivity index (χ4n) is 1.83. The maximum atomic E-state index is 11.6. The number of ether oxygens (including phenoxy) is 1. The Balaban J connectivity index is 2.12. The minimum absolute atomic E-state index is 0.131. The van der Waals surface area contributed by atoms with Gasteiger partial charge in [0.15, 0.2) is 0 Å². The quantitative estimate of drug-likeness (QED) is 0.573. The van der Waals surface area contributed by atoms with Crippen molar-refractivity contribution in [2.24, 2.45) is 0 Å². The summed E-state index contributed by atoms with van der Waals surface area (Å²) in [6.07, 6.45) is 5.91. The summed E-state index contributed by atoms with van der Waals surface area (Å²) in [6, 6.07) is 0. The van der Waals surface area contributed by atoms with Crippen molar-refractivity contribution >= 4 is 21.8 Å². The Morgan fingerprint density at radius 2 is 2.20 bits per heavy atom. The molecule has 1 aliphatic rings. The molecule has 0 radical (unpaired) electrons. The number of carbonyl (C=O) groups excluding carboxylic acids is 1. The van der Waals surface area contributed by atoms with Crippen LogP contribution in [0.5, 0.6) is 0 Å². The van der Waals surface area contributed by atoms with Gasteiger partial charge in [-0.2, -0.15) is 0 Å². The van der Waals surface area contributed by atoms with Gasteiger partial charge >= 0.3 is 0 Å². The van der Waals surface area contributed by atoms with Gasteiger partial charge in [-0.05, 0) is 32.1 Å². The van der Waals surface area contributed by atoms with Crippen LogP contribution in [0.4, 0.5) is 0 Å². The molecule has 0 atom stereocenters. The molecule has 3 nitrogen and oxygen atoms in total. The highest BCUT2D eigenvalue weighted by Crippen LogP contribution is 2.37. The Bertz CT molecular complexity index is 199. The topological polar surface area (TPSA) is 38.3 Å². The van der Waals surface area contributed by atoms with Crippen molar-refractivity contribution in [1.29, 1.82) is 0 Å². The van der Waals surface area contributed by atoms with E-state index in [2.05, 4.69) is 21.2 Å². The minimum atomic E-state index is -0.139. The second kappa shape index (κ2) is 6.48. The zero-order valence-electron chi connectivity index (χ0n) is 9.35. The monoisotopic (exact) mass is 277 g/mol.